The van der Waals surface area contributed by atoms with Gasteiger partial charge in [-0.2, -0.15) is 0 Å². The van der Waals surface area contributed by atoms with Crippen LogP contribution in [0.15, 0.2) is 24.3 Å². The van der Waals surface area contributed by atoms with Gasteiger partial charge in [-0.15, -0.1) is 0 Å². The highest BCUT2D eigenvalue weighted by molar-refractivity contribution is 5.95. The van der Waals surface area contributed by atoms with Crippen LogP contribution in [0.5, 0.6) is 0 Å². The minimum Gasteiger partial charge on any atom is -0.399 e. The van der Waals surface area contributed by atoms with E-state index in [9.17, 15) is 9.59 Å². The Morgan fingerprint density at radius 2 is 1.82 bits per heavy atom. The second-order valence-corrected chi connectivity index (χ2v) is 5.94. The molecule has 0 aliphatic heterocycles. The van der Waals surface area contributed by atoms with Crippen LogP contribution in [0.2, 0.25) is 0 Å². The van der Waals surface area contributed by atoms with E-state index in [-0.39, 0.29) is 11.8 Å². The number of nitrogen functional groups attached to an aromatic ring is 1. The number of nitrogens with one attached hydrogen (secondary N) is 2. The molecule has 0 spiro atoms. The van der Waals surface area contributed by atoms with Gasteiger partial charge in [-0.3, -0.25) is 9.59 Å². The largest absolute Gasteiger partial charge is 0.399 e. The topological polar surface area (TPSA) is 84.2 Å². The predicted octanol–water partition coefficient (Wildman–Crippen LogP) is 2.09. The molecule has 1 aromatic rings. The molecule has 2 amide bonds. The molecule has 0 radical (unpaired) electrons. The number of benzene rings is 1. The first-order valence-corrected chi connectivity index (χ1v) is 8.05. The van der Waals surface area contributed by atoms with Gasteiger partial charge in [0.2, 0.25) is 5.91 Å². The molecule has 2 rings (SSSR count). The van der Waals surface area contributed by atoms with Gasteiger partial charge in [-0.05, 0) is 37.0 Å². The molecule has 1 fully saturated rings. The molecule has 0 aromatic heterocycles. The van der Waals surface area contributed by atoms with Crippen molar-refractivity contribution in [2.24, 2.45) is 5.92 Å². The Labute approximate surface area is 131 Å². The summed E-state index contributed by atoms with van der Waals surface area (Å²) >= 11 is 0. The lowest BCUT2D eigenvalue weighted by Gasteiger charge is -2.20. The van der Waals surface area contributed by atoms with Crippen LogP contribution in [0.1, 0.15) is 48.9 Å². The highest BCUT2D eigenvalue weighted by Crippen LogP contribution is 2.25. The summed E-state index contributed by atoms with van der Waals surface area (Å²) in [5, 5.41) is 5.65. The fourth-order valence-corrected chi connectivity index (χ4v) is 2.89. The molecule has 120 valence electrons. The van der Waals surface area contributed by atoms with Gasteiger partial charge in [0, 0.05) is 30.8 Å². The van der Waals surface area contributed by atoms with Crippen molar-refractivity contribution in [1.29, 1.82) is 0 Å². The Morgan fingerprint density at radius 3 is 2.55 bits per heavy atom. The number of amides is 2. The maximum Gasteiger partial charge on any atom is 0.251 e. The first-order chi connectivity index (χ1) is 10.6. The number of carbonyl (C=O) groups excluding carboxylic acids is 2. The van der Waals surface area contributed by atoms with Crippen LogP contribution in [0.4, 0.5) is 5.69 Å². The highest BCUT2D eigenvalue weighted by Gasteiger charge is 2.16. The average Bonchev–Trinajstić information content (AvgIpc) is 2.52. The number of hydrogen-bond donors (Lipinski definition) is 3. The molecule has 1 aromatic carbocycles. The van der Waals surface area contributed by atoms with Crippen LogP contribution in [0, 0.1) is 5.92 Å². The summed E-state index contributed by atoms with van der Waals surface area (Å²) in [6.07, 6.45) is 6.74. The lowest BCUT2D eigenvalue weighted by Crippen LogP contribution is -2.35. The highest BCUT2D eigenvalue weighted by atomic mass is 16.2. The molecule has 5 nitrogen and oxygen atoms in total. The van der Waals surface area contributed by atoms with Crippen molar-refractivity contribution >= 4 is 17.5 Å². The summed E-state index contributed by atoms with van der Waals surface area (Å²) < 4.78 is 0. The van der Waals surface area contributed by atoms with E-state index >= 15 is 0 Å². The van der Waals surface area contributed by atoms with Crippen molar-refractivity contribution < 1.29 is 9.59 Å². The molecule has 22 heavy (non-hydrogen) atoms. The third-order valence-electron chi connectivity index (χ3n) is 4.08. The third-order valence-corrected chi connectivity index (χ3v) is 4.08. The van der Waals surface area contributed by atoms with Gasteiger partial charge in [0.25, 0.3) is 5.91 Å². The number of carbonyl (C=O) groups is 2. The molecular weight excluding hydrogens is 278 g/mol. The molecule has 0 saturated heterocycles. The summed E-state index contributed by atoms with van der Waals surface area (Å²) in [7, 11) is 0. The van der Waals surface area contributed by atoms with E-state index in [0.29, 0.717) is 36.7 Å². The van der Waals surface area contributed by atoms with Crippen LogP contribution < -0.4 is 16.4 Å². The van der Waals surface area contributed by atoms with Crippen molar-refractivity contribution in [2.45, 2.75) is 38.5 Å². The monoisotopic (exact) mass is 303 g/mol. The van der Waals surface area contributed by atoms with Crippen LogP contribution in [0.3, 0.4) is 0 Å². The second kappa shape index (κ2) is 8.41. The van der Waals surface area contributed by atoms with Crippen molar-refractivity contribution in [3.05, 3.63) is 29.8 Å². The lowest BCUT2D eigenvalue weighted by molar-refractivity contribution is -0.122. The first kappa shape index (κ1) is 16.3. The number of rotatable bonds is 6. The molecule has 4 N–H and O–H groups in total. The average molecular weight is 303 g/mol. The molecule has 5 heteroatoms. The fourth-order valence-electron chi connectivity index (χ4n) is 2.89. The standard InChI is InChI=1S/C17H25N3O2/c18-15-8-4-7-14(12-15)17(22)20-10-9-19-16(21)11-13-5-2-1-3-6-13/h4,7-8,12-13H,1-3,5-6,9-11,18H2,(H,19,21)(H,20,22). The minimum absolute atomic E-state index is 0.0881. The van der Waals surface area contributed by atoms with Crippen molar-refractivity contribution in [2.75, 3.05) is 18.8 Å². The van der Waals surface area contributed by atoms with Crippen molar-refractivity contribution in [3.63, 3.8) is 0 Å². The summed E-state index contributed by atoms with van der Waals surface area (Å²) in [6.45, 7) is 0.879. The number of anilines is 1. The zero-order valence-electron chi connectivity index (χ0n) is 12.9. The molecule has 0 unspecified atom stereocenters. The van der Waals surface area contributed by atoms with Gasteiger partial charge < -0.3 is 16.4 Å². The zero-order valence-corrected chi connectivity index (χ0v) is 12.9. The van der Waals surface area contributed by atoms with Gasteiger partial charge >= 0.3 is 0 Å². The van der Waals surface area contributed by atoms with Crippen LogP contribution in [0.25, 0.3) is 0 Å². The Kier molecular flexibility index (Phi) is 6.25. The molecule has 1 saturated carbocycles. The Balaban J connectivity index is 1.62. The second-order valence-electron chi connectivity index (χ2n) is 5.94. The van der Waals surface area contributed by atoms with Gasteiger partial charge in [0.05, 0.1) is 0 Å². The van der Waals surface area contributed by atoms with Crippen LogP contribution in [-0.2, 0) is 4.79 Å². The van der Waals surface area contributed by atoms with Gasteiger partial charge in [0.15, 0.2) is 0 Å². The van der Waals surface area contributed by atoms with Gasteiger partial charge in [-0.25, -0.2) is 0 Å². The van der Waals surface area contributed by atoms with E-state index < -0.39 is 0 Å². The lowest BCUT2D eigenvalue weighted by atomic mass is 9.87. The molecular formula is C17H25N3O2. The first-order valence-electron chi connectivity index (χ1n) is 8.05. The van der Waals surface area contributed by atoms with E-state index in [0.717, 1.165) is 0 Å². The molecule has 1 aliphatic rings. The van der Waals surface area contributed by atoms with E-state index in [1.165, 1.54) is 32.1 Å². The van der Waals surface area contributed by atoms with Crippen molar-refractivity contribution in [1.82, 2.24) is 10.6 Å². The summed E-state index contributed by atoms with van der Waals surface area (Å²) in [5.74, 6) is 0.453. The van der Waals surface area contributed by atoms with Crippen molar-refractivity contribution in [3.8, 4) is 0 Å². The van der Waals surface area contributed by atoms with Gasteiger partial charge in [0.1, 0.15) is 0 Å². The SMILES string of the molecule is Nc1cccc(C(=O)NCCNC(=O)CC2CCCCC2)c1. The van der Waals surface area contributed by atoms with E-state index in [4.69, 9.17) is 5.73 Å². The van der Waals surface area contributed by atoms with E-state index in [1.54, 1.807) is 24.3 Å². The smallest absolute Gasteiger partial charge is 0.251 e. The molecule has 0 atom stereocenters. The summed E-state index contributed by atoms with van der Waals surface area (Å²) in [5.41, 5.74) is 6.74. The van der Waals surface area contributed by atoms with Crippen LogP contribution >= 0.6 is 0 Å². The Bertz CT molecular complexity index is 510. The summed E-state index contributed by atoms with van der Waals surface area (Å²) in [6, 6.07) is 6.84. The fraction of sp³-hybridized carbons (Fsp3) is 0.529. The predicted molar refractivity (Wildman–Crippen MR) is 87.4 cm³/mol. The van der Waals surface area contributed by atoms with Gasteiger partial charge in [-0.1, -0.05) is 25.3 Å². The molecule has 0 bridgehead atoms. The zero-order chi connectivity index (χ0) is 15.8. The third kappa shape index (κ3) is 5.39. The molecule has 0 heterocycles. The summed E-state index contributed by atoms with van der Waals surface area (Å²) in [4.78, 5) is 23.7. The van der Waals surface area contributed by atoms with E-state index in [2.05, 4.69) is 10.6 Å². The van der Waals surface area contributed by atoms with Crippen LogP contribution in [-0.4, -0.2) is 24.9 Å². The quantitative estimate of drug-likeness (QED) is 0.556. The maximum atomic E-state index is 11.9. The normalized spacial score (nSPS) is 15.3. The van der Waals surface area contributed by atoms with E-state index in [1.807, 2.05) is 0 Å². The number of hydrogen-bond acceptors (Lipinski definition) is 3. The Hall–Kier alpha value is -2.04. The minimum atomic E-state index is -0.172. The Morgan fingerprint density at radius 1 is 1.09 bits per heavy atom. The maximum absolute atomic E-state index is 11.9. The molecule has 1 aliphatic carbocycles. The number of nitrogens with two attached hydrogens (primary N) is 1.